The Hall–Kier alpha value is -3.41. The van der Waals surface area contributed by atoms with Gasteiger partial charge in [-0.3, -0.25) is 9.59 Å². The van der Waals surface area contributed by atoms with Crippen molar-refractivity contribution in [2.24, 2.45) is 0 Å². The number of aryl methyl sites for hydroxylation is 2. The maximum absolute atomic E-state index is 12.2. The van der Waals surface area contributed by atoms with Gasteiger partial charge in [0.15, 0.2) is 0 Å². The van der Waals surface area contributed by atoms with Crippen molar-refractivity contribution in [3.05, 3.63) is 71.1 Å². The molecule has 0 atom stereocenters. The molecular formula is C22H23N3O3. The highest BCUT2D eigenvalue weighted by Crippen LogP contribution is 2.28. The second kappa shape index (κ2) is 8.52. The van der Waals surface area contributed by atoms with Gasteiger partial charge >= 0.3 is 0 Å². The lowest BCUT2D eigenvalue weighted by Gasteiger charge is -2.06. The van der Waals surface area contributed by atoms with Crippen LogP contribution in [0.25, 0.3) is 11.5 Å². The molecule has 0 saturated heterocycles. The third-order valence-electron chi connectivity index (χ3n) is 4.26. The number of nitrogens with one attached hydrogen (secondary N) is 2. The third-order valence-corrected chi connectivity index (χ3v) is 4.26. The van der Waals surface area contributed by atoms with E-state index in [-0.39, 0.29) is 18.4 Å². The number of benzene rings is 2. The van der Waals surface area contributed by atoms with Crippen molar-refractivity contribution in [1.82, 2.24) is 10.3 Å². The normalized spacial score (nSPS) is 10.5. The van der Waals surface area contributed by atoms with Gasteiger partial charge < -0.3 is 15.1 Å². The van der Waals surface area contributed by atoms with Crippen molar-refractivity contribution in [2.45, 2.75) is 33.7 Å². The first-order chi connectivity index (χ1) is 13.4. The van der Waals surface area contributed by atoms with Gasteiger partial charge in [0.2, 0.25) is 17.7 Å². The van der Waals surface area contributed by atoms with Crippen molar-refractivity contribution < 1.29 is 14.0 Å². The van der Waals surface area contributed by atoms with Gasteiger partial charge in [-0.15, -0.1) is 0 Å². The molecule has 28 heavy (non-hydrogen) atoms. The van der Waals surface area contributed by atoms with E-state index in [1.54, 1.807) is 13.0 Å². The van der Waals surface area contributed by atoms with Crippen LogP contribution in [0.1, 0.15) is 29.5 Å². The summed E-state index contributed by atoms with van der Waals surface area (Å²) in [7, 11) is 0. The van der Waals surface area contributed by atoms with Crippen LogP contribution in [0.4, 0.5) is 5.69 Å². The first-order valence-corrected chi connectivity index (χ1v) is 9.08. The van der Waals surface area contributed by atoms with E-state index in [9.17, 15) is 9.59 Å². The molecule has 1 aromatic heterocycles. The van der Waals surface area contributed by atoms with Crippen molar-refractivity contribution in [2.75, 3.05) is 5.32 Å². The van der Waals surface area contributed by atoms with Gasteiger partial charge in [0, 0.05) is 6.92 Å². The van der Waals surface area contributed by atoms with Crippen LogP contribution in [0, 0.1) is 13.8 Å². The van der Waals surface area contributed by atoms with Crippen molar-refractivity contribution in [3.63, 3.8) is 0 Å². The molecule has 3 rings (SSSR count). The minimum Gasteiger partial charge on any atom is -0.441 e. The Labute approximate surface area is 164 Å². The SMILES string of the molecule is CC(=O)Nc1ccccc1-c1nc(CNC(=O)Cc2cccc(C)c2)c(C)o1. The molecule has 6 heteroatoms. The van der Waals surface area contributed by atoms with Crippen molar-refractivity contribution >= 4 is 17.5 Å². The van der Waals surface area contributed by atoms with Crippen LogP contribution < -0.4 is 10.6 Å². The molecule has 0 aliphatic carbocycles. The number of aromatic nitrogens is 1. The molecule has 0 saturated carbocycles. The highest BCUT2D eigenvalue weighted by atomic mass is 16.4. The number of para-hydroxylation sites is 1. The van der Waals surface area contributed by atoms with E-state index in [1.165, 1.54) is 6.92 Å². The van der Waals surface area contributed by atoms with Crippen LogP contribution in [0.5, 0.6) is 0 Å². The monoisotopic (exact) mass is 377 g/mol. The molecule has 144 valence electrons. The van der Waals surface area contributed by atoms with Gasteiger partial charge in [-0.25, -0.2) is 4.98 Å². The standard InChI is InChI=1S/C22H23N3O3/c1-14-7-6-8-17(11-14)12-21(27)23-13-20-15(2)28-22(25-20)18-9-4-5-10-19(18)24-16(3)26/h4-11H,12-13H2,1-3H3,(H,23,27)(H,24,26). The van der Waals surface area contributed by atoms with Crippen LogP contribution >= 0.6 is 0 Å². The fourth-order valence-corrected chi connectivity index (χ4v) is 2.93. The number of nitrogens with zero attached hydrogens (tertiary/aromatic N) is 1. The molecule has 0 radical (unpaired) electrons. The van der Waals surface area contributed by atoms with E-state index >= 15 is 0 Å². The minimum atomic E-state index is -0.167. The van der Waals surface area contributed by atoms with Crippen LogP contribution in [0.3, 0.4) is 0 Å². The Kier molecular flexibility index (Phi) is 5.89. The van der Waals surface area contributed by atoms with Gasteiger partial charge in [0.05, 0.1) is 24.2 Å². The molecule has 0 spiro atoms. The number of carbonyl (C=O) groups excluding carboxylic acids is 2. The fourth-order valence-electron chi connectivity index (χ4n) is 2.93. The van der Waals surface area contributed by atoms with Gasteiger partial charge in [-0.2, -0.15) is 0 Å². The number of anilines is 1. The Morgan fingerprint density at radius 2 is 1.86 bits per heavy atom. The van der Waals surface area contributed by atoms with Crippen LogP contribution in [-0.2, 0) is 22.6 Å². The minimum absolute atomic E-state index is 0.0757. The molecule has 6 nitrogen and oxygen atoms in total. The zero-order chi connectivity index (χ0) is 20.1. The van der Waals surface area contributed by atoms with E-state index in [2.05, 4.69) is 15.6 Å². The van der Waals surface area contributed by atoms with Crippen molar-refractivity contribution in [3.8, 4) is 11.5 Å². The summed E-state index contributed by atoms with van der Waals surface area (Å²) in [6.07, 6.45) is 0.316. The molecule has 0 aliphatic rings. The number of oxazole rings is 1. The maximum atomic E-state index is 12.2. The van der Waals surface area contributed by atoms with E-state index in [0.717, 1.165) is 11.1 Å². The summed E-state index contributed by atoms with van der Waals surface area (Å²) in [6.45, 7) is 5.54. The lowest BCUT2D eigenvalue weighted by Crippen LogP contribution is -2.25. The summed E-state index contributed by atoms with van der Waals surface area (Å²) in [6, 6.07) is 15.2. The zero-order valence-corrected chi connectivity index (χ0v) is 16.2. The second-order valence-corrected chi connectivity index (χ2v) is 6.69. The smallest absolute Gasteiger partial charge is 0.228 e. The molecule has 2 aromatic carbocycles. The molecule has 0 aliphatic heterocycles. The first-order valence-electron chi connectivity index (χ1n) is 9.08. The quantitative estimate of drug-likeness (QED) is 0.685. The molecule has 2 amide bonds. The number of carbonyl (C=O) groups is 2. The number of amides is 2. The molecular weight excluding hydrogens is 354 g/mol. The predicted octanol–water partition coefficient (Wildman–Crippen LogP) is 3.78. The topological polar surface area (TPSA) is 84.2 Å². The highest BCUT2D eigenvalue weighted by molar-refractivity contribution is 5.93. The molecule has 0 bridgehead atoms. The van der Waals surface area contributed by atoms with Gasteiger partial charge in [-0.05, 0) is 31.5 Å². The fraction of sp³-hybridized carbons (Fsp3) is 0.227. The first kappa shape index (κ1) is 19.4. The van der Waals surface area contributed by atoms with Crippen LogP contribution in [-0.4, -0.2) is 16.8 Å². The third kappa shape index (κ3) is 4.85. The van der Waals surface area contributed by atoms with Crippen LogP contribution in [0.2, 0.25) is 0 Å². The van der Waals surface area contributed by atoms with E-state index < -0.39 is 0 Å². The summed E-state index contributed by atoms with van der Waals surface area (Å²) in [5.41, 5.74) is 4.08. The summed E-state index contributed by atoms with van der Waals surface area (Å²) in [4.78, 5) is 28.2. The number of hydrogen-bond donors (Lipinski definition) is 2. The van der Waals surface area contributed by atoms with Gasteiger partial charge in [-0.1, -0.05) is 42.0 Å². The molecule has 1 heterocycles. The average molecular weight is 377 g/mol. The Morgan fingerprint density at radius 3 is 2.61 bits per heavy atom. The largest absolute Gasteiger partial charge is 0.441 e. The van der Waals surface area contributed by atoms with Crippen molar-refractivity contribution in [1.29, 1.82) is 0 Å². The van der Waals surface area contributed by atoms with E-state index in [0.29, 0.717) is 35.0 Å². The molecule has 0 unspecified atom stereocenters. The lowest BCUT2D eigenvalue weighted by atomic mass is 10.1. The zero-order valence-electron chi connectivity index (χ0n) is 16.2. The summed E-state index contributed by atoms with van der Waals surface area (Å²) >= 11 is 0. The second-order valence-electron chi connectivity index (χ2n) is 6.69. The lowest BCUT2D eigenvalue weighted by molar-refractivity contribution is -0.120. The van der Waals surface area contributed by atoms with E-state index in [4.69, 9.17) is 4.42 Å². The molecule has 3 aromatic rings. The Balaban J connectivity index is 1.69. The molecule has 0 fully saturated rings. The Morgan fingerprint density at radius 1 is 1.07 bits per heavy atom. The number of hydrogen-bond acceptors (Lipinski definition) is 4. The van der Waals surface area contributed by atoms with Crippen LogP contribution in [0.15, 0.2) is 52.9 Å². The van der Waals surface area contributed by atoms with Gasteiger partial charge in [0.25, 0.3) is 0 Å². The van der Waals surface area contributed by atoms with Gasteiger partial charge in [0.1, 0.15) is 11.5 Å². The summed E-state index contributed by atoms with van der Waals surface area (Å²) < 4.78 is 5.78. The Bertz CT molecular complexity index is 1010. The van der Waals surface area contributed by atoms with E-state index in [1.807, 2.05) is 49.4 Å². The summed E-state index contributed by atoms with van der Waals surface area (Å²) in [5, 5.41) is 5.66. The highest BCUT2D eigenvalue weighted by Gasteiger charge is 2.15. The average Bonchev–Trinajstić information content (AvgIpc) is 3.00. The summed E-state index contributed by atoms with van der Waals surface area (Å²) in [5.74, 6) is 0.792. The maximum Gasteiger partial charge on any atom is 0.228 e. The predicted molar refractivity (Wildman–Crippen MR) is 108 cm³/mol. The molecule has 2 N–H and O–H groups in total. The number of rotatable bonds is 6.